The first-order valence-corrected chi connectivity index (χ1v) is 10.8. The molecule has 0 saturated heterocycles. The number of benzene rings is 1. The Morgan fingerprint density at radius 3 is 2.54 bits per heavy atom. The number of hydrogen-bond acceptors (Lipinski definition) is 5. The van der Waals surface area contributed by atoms with Crippen LogP contribution in [-0.2, 0) is 26.9 Å². The van der Waals surface area contributed by atoms with Gasteiger partial charge in [-0.2, -0.15) is 0 Å². The van der Waals surface area contributed by atoms with Gasteiger partial charge in [-0.05, 0) is 36.8 Å². The largest absolute Gasteiger partial charge is 0.369 e. The molecule has 0 fully saturated rings. The maximum atomic E-state index is 12.8. The van der Waals surface area contributed by atoms with Gasteiger partial charge >= 0.3 is 0 Å². The number of guanidine groups is 1. The van der Waals surface area contributed by atoms with Crippen LogP contribution in [0.2, 0.25) is 0 Å². The zero-order chi connectivity index (χ0) is 19.5. The molecule has 1 aliphatic rings. The number of carbonyl (C=O) groups is 1. The van der Waals surface area contributed by atoms with Crippen molar-refractivity contribution in [1.82, 2.24) is 4.90 Å². The minimum absolute atomic E-state index is 0.0112. The number of aliphatic imine (C=N–C) groups is 1. The van der Waals surface area contributed by atoms with Crippen LogP contribution in [0.3, 0.4) is 0 Å². The number of nitrogens with two attached hydrogens (primary N) is 1. The number of rotatable bonds is 8. The molecule has 1 heterocycles. The highest BCUT2D eigenvalue weighted by molar-refractivity contribution is 7.90. The van der Waals surface area contributed by atoms with Crippen molar-refractivity contribution < 1.29 is 13.2 Å². The molecule has 0 spiro atoms. The first-order valence-electron chi connectivity index (χ1n) is 9.02. The lowest BCUT2D eigenvalue weighted by Gasteiger charge is -2.23. The zero-order valence-corrected chi connectivity index (χ0v) is 16.8. The van der Waals surface area contributed by atoms with Crippen molar-refractivity contribution in [3.8, 4) is 0 Å². The Hall–Kier alpha value is -1.89. The molecular formula is C19H29N3O3S. The molecular weight excluding hydrogens is 350 g/mol. The molecule has 1 amide bonds. The lowest BCUT2D eigenvalue weighted by Crippen LogP contribution is -2.43. The monoisotopic (exact) mass is 379 g/mol. The summed E-state index contributed by atoms with van der Waals surface area (Å²) in [6.45, 7) is 8.06. The number of sulfone groups is 1. The molecule has 0 bridgehead atoms. The molecule has 1 aliphatic heterocycles. The fourth-order valence-electron chi connectivity index (χ4n) is 3.47. The van der Waals surface area contributed by atoms with Gasteiger partial charge in [0, 0.05) is 0 Å². The van der Waals surface area contributed by atoms with E-state index in [2.05, 4.69) is 4.99 Å². The van der Waals surface area contributed by atoms with Crippen LogP contribution in [-0.4, -0.2) is 36.5 Å². The number of nitrogens with zero attached hydrogens (tertiary/aromatic N) is 2. The molecule has 0 aliphatic carbocycles. The van der Waals surface area contributed by atoms with Crippen molar-refractivity contribution in [3.63, 3.8) is 0 Å². The molecule has 1 unspecified atom stereocenters. The maximum Gasteiger partial charge on any atom is 0.257 e. The molecule has 1 atom stereocenters. The minimum atomic E-state index is -3.11. The van der Waals surface area contributed by atoms with Gasteiger partial charge in [0.15, 0.2) is 15.8 Å². The second-order valence-electron chi connectivity index (χ2n) is 7.65. The molecule has 2 N–H and O–H groups in total. The van der Waals surface area contributed by atoms with E-state index in [0.29, 0.717) is 25.3 Å². The SMILES string of the molecule is CCCS(=O)(=O)Cc1cccc(CN2C(=O)C(C)(CC(C)C)N=C2N)c1. The van der Waals surface area contributed by atoms with Gasteiger partial charge in [-0.1, -0.05) is 45.0 Å². The summed E-state index contributed by atoms with van der Waals surface area (Å²) in [4.78, 5) is 18.7. The Balaban J connectivity index is 2.16. The highest BCUT2D eigenvalue weighted by Crippen LogP contribution is 2.29. The van der Waals surface area contributed by atoms with Crippen LogP contribution in [0.5, 0.6) is 0 Å². The molecule has 0 aromatic heterocycles. The zero-order valence-electron chi connectivity index (χ0n) is 16.0. The summed E-state index contributed by atoms with van der Waals surface area (Å²) in [7, 11) is -3.11. The number of amides is 1. The van der Waals surface area contributed by atoms with Crippen molar-refractivity contribution in [1.29, 1.82) is 0 Å². The van der Waals surface area contributed by atoms with Crippen molar-refractivity contribution in [2.24, 2.45) is 16.6 Å². The summed E-state index contributed by atoms with van der Waals surface area (Å²) in [6, 6.07) is 7.30. The van der Waals surface area contributed by atoms with Crippen LogP contribution in [0.4, 0.5) is 0 Å². The fraction of sp³-hybridized carbons (Fsp3) is 0.579. The summed E-state index contributed by atoms with van der Waals surface area (Å²) in [6.07, 6.45) is 1.24. The fourth-order valence-corrected chi connectivity index (χ4v) is 4.93. The normalized spacial score (nSPS) is 20.7. The predicted octanol–water partition coefficient (Wildman–Crippen LogP) is 2.47. The molecule has 1 aromatic carbocycles. The van der Waals surface area contributed by atoms with Crippen molar-refractivity contribution in [2.75, 3.05) is 5.75 Å². The average molecular weight is 380 g/mol. The molecule has 7 heteroatoms. The van der Waals surface area contributed by atoms with E-state index in [-0.39, 0.29) is 23.4 Å². The standard InChI is InChI=1S/C19H29N3O3S/c1-5-9-26(24,25)13-16-8-6-7-15(10-16)12-22-17(23)19(4,11-14(2)3)21-18(22)20/h6-8,10,14H,5,9,11-13H2,1-4H3,(H2,20,21). The maximum absolute atomic E-state index is 12.8. The van der Waals surface area contributed by atoms with Crippen LogP contribution >= 0.6 is 0 Å². The van der Waals surface area contributed by atoms with E-state index in [1.54, 1.807) is 6.07 Å². The van der Waals surface area contributed by atoms with E-state index in [1.165, 1.54) is 4.90 Å². The van der Waals surface area contributed by atoms with E-state index in [9.17, 15) is 13.2 Å². The molecule has 0 radical (unpaired) electrons. The minimum Gasteiger partial charge on any atom is -0.369 e. The lowest BCUT2D eigenvalue weighted by molar-refractivity contribution is -0.131. The average Bonchev–Trinajstić information content (AvgIpc) is 2.69. The Morgan fingerprint density at radius 2 is 1.92 bits per heavy atom. The van der Waals surface area contributed by atoms with E-state index in [0.717, 1.165) is 11.1 Å². The predicted molar refractivity (Wildman–Crippen MR) is 104 cm³/mol. The highest BCUT2D eigenvalue weighted by atomic mass is 32.2. The first-order chi connectivity index (χ1) is 12.1. The third-order valence-corrected chi connectivity index (χ3v) is 6.19. The smallest absolute Gasteiger partial charge is 0.257 e. The van der Waals surface area contributed by atoms with E-state index < -0.39 is 15.4 Å². The molecule has 0 saturated carbocycles. The molecule has 6 nitrogen and oxygen atoms in total. The highest BCUT2D eigenvalue weighted by Gasteiger charge is 2.43. The molecule has 144 valence electrons. The van der Waals surface area contributed by atoms with Crippen LogP contribution in [0, 0.1) is 5.92 Å². The summed E-state index contributed by atoms with van der Waals surface area (Å²) in [5, 5.41) is 0. The van der Waals surface area contributed by atoms with Gasteiger partial charge in [0.05, 0.1) is 18.1 Å². The Kier molecular flexibility index (Phi) is 6.11. The summed E-state index contributed by atoms with van der Waals surface area (Å²) < 4.78 is 24.1. The second kappa shape index (κ2) is 7.78. The molecule has 1 aromatic rings. The van der Waals surface area contributed by atoms with E-state index in [4.69, 9.17) is 5.73 Å². The van der Waals surface area contributed by atoms with Crippen LogP contribution in [0.25, 0.3) is 0 Å². The van der Waals surface area contributed by atoms with Gasteiger partial charge < -0.3 is 5.73 Å². The van der Waals surface area contributed by atoms with Crippen LogP contribution in [0.1, 0.15) is 51.7 Å². The van der Waals surface area contributed by atoms with Gasteiger partial charge in [-0.3, -0.25) is 9.69 Å². The summed E-state index contributed by atoms with van der Waals surface area (Å²) in [5.41, 5.74) is 6.76. The first kappa shape index (κ1) is 20.4. The van der Waals surface area contributed by atoms with Crippen LogP contribution in [0.15, 0.2) is 29.3 Å². The Bertz CT molecular complexity index is 802. The lowest BCUT2D eigenvalue weighted by atomic mass is 9.91. The Labute approximate surface area is 156 Å². The third-order valence-electron chi connectivity index (χ3n) is 4.38. The summed E-state index contributed by atoms with van der Waals surface area (Å²) in [5.74, 6) is 0.633. The molecule has 2 rings (SSSR count). The number of hydrogen-bond donors (Lipinski definition) is 1. The molecule has 26 heavy (non-hydrogen) atoms. The van der Waals surface area contributed by atoms with Crippen molar-refractivity contribution in [2.45, 2.75) is 58.4 Å². The summed E-state index contributed by atoms with van der Waals surface area (Å²) >= 11 is 0. The van der Waals surface area contributed by atoms with Crippen LogP contribution < -0.4 is 5.73 Å². The van der Waals surface area contributed by atoms with Gasteiger partial charge in [0.1, 0.15) is 5.54 Å². The quantitative estimate of drug-likeness (QED) is 0.751. The van der Waals surface area contributed by atoms with Gasteiger partial charge in [-0.15, -0.1) is 0 Å². The Morgan fingerprint density at radius 1 is 1.27 bits per heavy atom. The van der Waals surface area contributed by atoms with Gasteiger partial charge in [0.2, 0.25) is 0 Å². The third kappa shape index (κ3) is 4.84. The van der Waals surface area contributed by atoms with Crippen molar-refractivity contribution >= 4 is 21.7 Å². The topological polar surface area (TPSA) is 92.8 Å². The number of carbonyl (C=O) groups excluding carboxylic acids is 1. The van der Waals surface area contributed by atoms with E-state index in [1.807, 2.05) is 45.9 Å². The van der Waals surface area contributed by atoms with Gasteiger partial charge in [-0.25, -0.2) is 13.4 Å². The van der Waals surface area contributed by atoms with Crippen molar-refractivity contribution in [3.05, 3.63) is 35.4 Å². The second-order valence-corrected chi connectivity index (χ2v) is 9.83. The van der Waals surface area contributed by atoms with E-state index >= 15 is 0 Å². The van der Waals surface area contributed by atoms with Gasteiger partial charge in [0.25, 0.3) is 5.91 Å².